The molecule has 0 spiro atoms. The van der Waals surface area contributed by atoms with Crippen molar-refractivity contribution in [3.8, 4) is 23.0 Å². The topological polar surface area (TPSA) is 66.0 Å². The number of benzene rings is 2. The Kier molecular flexibility index (Phi) is 6.88. The Bertz CT molecular complexity index is 912. The van der Waals surface area contributed by atoms with Crippen molar-refractivity contribution < 1.29 is 23.7 Å². The number of nitrogens with one attached hydrogen (secondary N) is 1. The molecule has 2 aromatic carbocycles. The second-order valence-corrected chi connectivity index (χ2v) is 6.96. The third-order valence-electron chi connectivity index (χ3n) is 4.51. The number of rotatable bonds is 6. The zero-order chi connectivity index (χ0) is 20.8. The van der Waals surface area contributed by atoms with Crippen molar-refractivity contribution in [1.29, 1.82) is 0 Å². The van der Waals surface area contributed by atoms with Gasteiger partial charge in [-0.2, -0.15) is 0 Å². The van der Waals surface area contributed by atoms with Crippen LogP contribution in [0.15, 0.2) is 36.4 Å². The van der Waals surface area contributed by atoms with Gasteiger partial charge < -0.3 is 24.3 Å². The van der Waals surface area contributed by atoms with Gasteiger partial charge in [0.05, 0.1) is 38.5 Å². The van der Waals surface area contributed by atoms with Crippen LogP contribution in [-0.4, -0.2) is 33.3 Å². The normalized spacial score (nSPS) is 14.2. The van der Waals surface area contributed by atoms with E-state index in [0.717, 1.165) is 17.5 Å². The van der Waals surface area contributed by atoms with Crippen LogP contribution in [0, 0.1) is 0 Å². The largest absolute Gasteiger partial charge is 0.497 e. The van der Waals surface area contributed by atoms with Gasteiger partial charge in [-0.1, -0.05) is 11.6 Å². The molecule has 154 valence electrons. The first kappa shape index (κ1) is 20.9. The molecular weight excluding hydrogens is 394 g/mol. The molecule has 0 radical (unpaired) electrons. The standard InChI is InChI=1S/C22H24ClNO5/c1-14(17-13-16(26-2)6-7-19(17)27-3)24-21(25)8-5-15-11-18(23)22-20(12-15)28-9-4-10-29-22/h5-8,11-14H,4,9-10H2,1-3H3,(H,24,25)/b8-5+/t14-/m1/s1. The molecule has 3 rings (SSSR count). The van der Waals surface area contributed by atoms with Crippen molar-refractivity contribution in [2.75, 3.05) is 27.4 Å². The number of hydrogen-bond acceptors (Lipinski definition) is 5. The predicted octanol–water partition coefficient (Wildman–Crippen LogP) is 4.41. The molecular formula is C22H24ClNO5. The maximum absolute atomic E-state index is 12.4. The van der Waals surface area contributed by atoms with E-state index in [9.17, 15) is 4.79 Å². The third-order valence-corrected chi connectivity index (χ3v) is 4.79. The number of ether oxygens (including phenoxy) is 4. The number of hydrogen-bond donors (Lipinski definition) is 1. The fourth-order valence-electron chi connectivity index (χ4n) is 3.04. The highest BCUT2D eigenvalue weighted by atomic mass is 35.5. The van der Waals surface area contributed by atoms with Crippen LogP contribution in [0.1, 0.15) is 30.5 Å². The lowest BCUT2D eigenvalue weighted by Gasteiger charge is -2.17. The van der Waals surface area contributed by atoms with E-state index in [1.54, 1.807) is 26.4 Å². The highest BCUT2D eigenvalue weighted by Gasteiger charge is 2.16. The Labute approximate surface area is 175 Å². The van der Waals surface area contributed by atoms with Crippen molar-refractivity contribution in [2.45, 2.75) is 19.4 Å². The van der Waals surface area contributed by atoms with Gasteiger partial charge in [-0.15, -0.1) is 0 Å². The molecule has 7 heteroatoms. The van der Waals surface area contributed by atoms with Crippen LogP contribution in [0.2, 0.25) is 5.02 Å². The average Bonchev–Trinajstić information content (AvgIpc) is 2.97. The minimum absolute atomic E-state index is 0.245. The lowest BCUT2D eigenvalue weighted by molar-refractivity contribution is -0.117. The van der Waals surface area contributed by atoms with E-state index in [1.165, 1.54) is 6.08 Å². The molecule has 2 aromatic rings. The van der Waals surface area contributed by atoms with Gasteiger partial charge in [-0.25, -0.2) is 0 Å². The van der Waals surface area contributed by atoms with Crippen LogP contribution in [0.4, 0.5) is 0 Å². The van der Waals surface area contributed by atoms with Gasteiger partial charge in [-0.05, 0) is 48.9 Å². The minimum Gasteiger partial charge on any atom is -0.497 e. The van der Waals surface area contributed by atoms with Gasteiger partial charge in [0, 0.05) is 18.1 Å². The monoisotopic (exact) mass is 417 g/mol. The van der Waals surface area contributed by atoms with Crippen LogP contribution in [0.5, 0.6) is 23.0 Å². The molecule has 0 aromatic heterocycles. The maximum atomic E-state index is 12.4. The average molecular weight is 418 g/mol. The molecule has 0 bridgehead atoms. The molecule has 0 saturated carbocycles. The molecule has 0 fully saturated rings. The lowest BCUT2D eigenvalue weighted by atomic mass is 10.1. The summed E-state index contributed by atoms with van der Waals surface area (Å²) in [6.07, 6.45) is 3.94. The van der Waals surface area contributed by atoms with Gasteiger partial charge in [0.2, 0.25) is 5.91 Å². The zero-order valence-electron chi connectivity index (χ0n) is 16.7. The smallest absolute Gasteiger partial charge is 0.244 e. The van der Waals surface area contributed by atoms with E-state index in [2.05, 4.69) is 5.32 Å². The summed E-state index contributed by atoms with van der Waals surface area (Å²) in [5, 5.41) is 3.39. The molecule has 0 unspecified atom stereocenters. The Morgan fingerprint density at radius 2 is 1.97 bits per heavy atom. The number of halogens is 1. The molecule has 1 heterocycles. The number of amides is 1. The summed E-state index contributed by atoms with van der Waals surface area (Å²) in [5.41, 5.74) is 1.58. The van der Waals surface area contributed by atoms with E-state index in [1.807, 2.05) is 31.2 Å². The molecule has 0 aliphatic carbocycles. The molecule has 6 nitrogen and oxygen atoms in total. The molecule has 1 aliphatic heterocycles. The first-order valence-corrected chi connectivity index (χ1v) is 9.69. The molecule has 1 aliphatic rings. The zero-order valence-corrected chi connectivity index (χ0v) is 17.4. The summed E-state index contributed by atoms with van der Waals surface area (Å²) < 4.78 is 21.9. The molecule has 1 amide bonds. The van der Waals surface area contributed by atoms with Crippen molar-refractivity contribution >= 4 is 23.6 Å². The first-order chi connectivity index (χ1) is 14.0. The lowest BCUT2D eigenvalue weighted by Crippen LogP contribution is -2.25. The molecule has 1 atom stereocenters. The second-order valence-electron chi connectivity index (χ2n) is 6.55. The van der Waals surface area contributed by atoms with E-state index in [4.69, 9.17) is 30.5 Å². The predicted molar refractivity (Wildman–Crippen MR) is 112 cm³/mol. The number of carbonyl (C=O) groups is 1. The van der Waals surface area contributed by atoms with Gasteiger partial charge >= 0.3 is 0 Å². The highest BCUT2D eigenvalue weighted by Crippen LogP contribution is 2.38. The summed E-state index contributed by atoms with van der Waals surface area (Å²) in [6, 6.07) is 8.75. The van der Waals surface area contributed by atoms with Crippen LogP contribution in [0.25, 0.3) is 6.08 Å². The summed E-state index contributed by atoms with van der Waals surface area (Å²) >= 11 is 6.30. The highest BCUT2D eigenvalue weighted by molar-refractivity contribution is 6.32. The summed E-state index contributed by atoms with van der Waals surface area (Å²) in [5.74, 6) is 2.26. The molecule has 1 N–H and O–H groups in total. The number of methoxy groups -OCH3 is 2. The van der Waals surface area contributed by atoms with Gasteiger partial charge in [0.25, 0.3) is 0 Å². The van der Waals surface area contributed by atoms with Gasteiger partial charge in [-0.3, -0.25) is 4.79 Å². The number of carbonyl (C=O) groups excluding carboxylic acids is 1. The van der Waals surface area contributed by atoms with Gasteiger partial charge in [0.15, 0.2) is 11.5 Å². The Morgan fingerprint density at radius 3 is 2.72 bits per heavy atom. The first-order valence-electron chi connectivity index (χ1n) is 9.31. The SMILES string of the molecule is COc1ccc(OC)c([C@@H](C)NC(=O)/C=C/c2cc(Cl)c3c(c2)OCCCO3)c1. The molecule has 29 heavy (non-hydrogen) atoms. The summed E-state index contributed by atoms with van der Waals surface area (Å²) in [4.78, 5) is 12.4. The second kappa shape index (κ2) is 9.56. The fourth-order valence-corrected chi connectivity index (χ4v) is 3.31. The van der Waals surface area contributed by atoms with Crippen molar-refractivity contribution in [2.24, 2.45) is 0 Å². The van der Waals surface area contributed by atoms with Gasteiger partial charge in [0.1, 0.15) is 11.5 Å². The van der Waals surface area contributed by atoms with Crippen molar-refractivity contribution in [3.05, 3.63) is 52.6 Å². The van der Waals surface area contributed by atoms with Crippen molar-refractivity contribution in [1.82, 2.24) is 5.32 Å². The fraction of sp³-hybridized carbons (Fsp3) is 0.318. The minimum atomic E-state index is -0.274. The molecule has 0 saturated heterocycles. The Morgan fingerprint density at radius 1 is 1.17 bits per heavy atom. The van der Waals surface area contributed by atoms with Crippen LogP contribution in [-0.2, 0) is 4.79 Å². The third kappa shape index (κ3) is 5.15. The van der Waals surface area contributed by atoms with E-state index in [-0.39, 0.29) is 11.9 Å². The van der Waals surface area contributed by atoms with E-state index in [0.29, 0.717) is 41.2 Å². The Balaban J connectivity index is 1.72. The van der Waals surface area contributed by atoms with Crippen LogP contribution in [0.3, 0.4) is 0 Å². The van der Waals surface area contributed by atoms with Crippen LogP contribution >= 0.6 is 11.6 Å². The van der Waals surface area contributed by atoms with Crippen molar-refractivity contribution in [3.63, 3.8) is 0 Å². The summed E-state index contributed by atoms with van der Waals surface area (Å²) in [7, 11) is 3.19. The Hall–Kier alpha value is -2.86. The number of fused-ring (bicyclic) bond motifs is 1. The van der Waals surface area contributed by atoms with Crippen LogP contribution < -0.4 is 24.3 Å². The quantitative estimate of drug-likeness (QED) is 0.705. The summed E-state index contributed by atoms with van der Waals surface area (Å²) in [6.45, 7) is 3.01. The maximum Gasteiger partial charge on any atom is 0.244 e. The van der Waals surface area contributed by atoms with E-state index < -0.39 is 0 Å². The van der Waals surface area contributed by atoms with E-state index >= 15 is 0 Å².